The molecule has 0 bridgehead atoms. The van der Waals surface area contributed by atoms with Crippen LogP contribution in [0.25, 0.3) is 0 Å². The Labute approximate surface area is 110 Å². The first-order valence-corrected chi connectivity index (χ1v) is 5.77. The molecule has 0 aliphatic carbocycles. The predicted octanol–water partition coefficient (Wildman–Crippen LogP) is 2.67. The normalized spacial score (nSPS) is 10.3. The number of rotatable bonds is 2. The highest BCUT2D eigenvalue weighted by Gasteiger charge is 2.14. The van der Waals surface area contributed by atoms with E-state index in [0.29, 0.717) is 5.69 Å². The van der Waals surface area contributed by atoms with Gasteiger partial charge in [0.05, 0.1) is 11.8 Å². The van der Waals surface area contributed by atoms with Gasteiger partial charge in [0.25, 0.3) is 5.91 Å². The van der Waals surface area contributed by atoms with Gasteiger partial charge in [-0.15, -0.1) is 0 Å². The van der Waals surface area contributed by atoms with Crippen molar-refractivity contribution in [2.45, 2.75) is 13.8 Å². The molecule has 5 heteroatoms. The van der Waals surface area contributed by atoms with Crippen LogP contribution in [-0.2, 0) is 0 Å². The summed E-state index contributed by atoms with van der Waals surface area (Å²) in [6.45, 7) is 3.77. The molecule has 0 atom stereocenters. The SMILES string of the molecule is Cc1cccc(C)c1NC(=O)c1cc(F)cnc1N. The van der Waals surface area contributed by atoms with E-state index in [2.05, 4.69) is 10.3 Å². The van der Waals surface area contributed by atoms with Crippen molar-refractivity contribution in [3.05, 3.63) is 53.0 Å². The summed E-state index contributed by atoms with van der Waals surface area (Å²) in [4.78, 5) is 15.7. The summed E-state index contributed by atoms with van der Waals surface area (Å²) in [5.74, 6) is -1.06. The maximum absolute atomic E-state index is 13.1. The molecule has 0 saturated heterocycles. The number of amides is 1. The van der Waals surface area contributed by atoms with Gasteiger partial charge in [-0.3, -0.25) is 4.79 Å². The topological polar surface area (TPSA) is 68.0 Å². The average Bonchev–Trinajstić information content (AvgIpc) is 2.37. The van der Waals surface area contributed by atoms with Crippen LogP contribution in [-0.4, -0.2) is 10.9 Å². The van der Waals surface area contributed by atoms with E-state index >= 15 is 0 Å². The fourth-order valence-corrected chi connectivity index (χ4v) is 1.82. The number of halogens is 1. The summed E-state index contributed by atoms with van der Waals surface area (Å²) in [6.07, 6.45) is 0.977. The molecule has 2 aromatic rings. The van der Waals surface area contributed by atoms with E-state index in [4.69, 9.17) is 5.73 Å². The first kappa shape index (κ1) is 13.0. The van der Waals surface area contributed by atoms with Crippen LogP contribution in [0.2, 0.25) is 0 Å². The highest BCUT2D eigenvalue weighted by molar-refractivity contribution is 6.07. The number of nitrogens with zero attached hydrogens (tertiary/aromatic N) is 1. The monoisotopic (exact) mass is 259 g/mol. The number of hydrogen-bond donors (Lipinski definition) is 2. The van der Waals surface area contributed by atoms with Crippen molar-refractivity contribution in [1.82, 2.24) is 4.98 Å². The molecule has 0 spiro atoms. The molecule has 0 unspecified atom stereocenters. The highest BCUT2D eigenvalue weighted by Crippen LogP contribution is 2.21. The zero-order valence-corrected chi connectivity index (χ0v) is 10.7. The number of nitrogens with two attached hydrogens (primary N) is 1. The summed E-state index contributed by atoms with van der Waals surface area (Å²) in [6, 6.07) is 6.75. The Morgan fingerprint density at radius 1 is 1.32 bits per heavy atom. The maximum Gasteiger partial charge on any atom is 0.259 e. The summed E-state index contributed by atoms with van der Waals surface area (Å²) < 4.78 is 13.1. The lowest BCUT2D eigenvalue weighted by molar-refractivity contribution is 0.102. The lowest BCUT2D eigenvalue weighted by atomic mass is 10.1. The number of carbonyl (C=O) groups is 1. The molecule has 2 rings (SSSR count). The fraction of sp³-hybridized carbons (Fsp3) is 0.143. The van der Waals surface area contributed by atoms with E-state index in [1.54, 1.807) is 0 Å². The molecule has 1 aromatic carbocycles. The molecule has 1 heterocycles. The van der Waals surface area contributed by atoms with E-state index in [1.807, 2.05) is 32.0 Å². The van der Waals surface area contributed by atoms with Crippen molar-refractivity contribution in [2.75, 3.05) is 11.1 Å². The Kier molecular flexibility index (Phi) is 3.46. The van der Waals surface area contributed by atoms with E-state index in [0.717, 1.165) is 23.4 Å². The van der Waals surface area contributed by atoms with Crippen LogP contribution >= 0.6 is 0 Å². The minimum absolute atomic E-state index is 0.00476. The largest absolute Gasteiger partial charge is 0.383 e. The molecule has 19 heavy (non-hydrogen) atoms. The van der Waals surface area contributed by atoms with Crippen LogP contribution in [0.4, 0.5) is 15.9 Å². The number of pyridine rings is 1. The standard InChI is InChI=1S/C14H14FN3O/c1-8-4-3-5-9(2)12(8)18-14(19)11-6-10(15)7-17-13(11)16/h3-7H,1-2H3,(H2,16,17)(H,18,19). The van der Waals surface area contributed by atoms with Crippen molar-refractivity contribution in [1.29, 1.82) is 0 Å². The number of para-hydroxylation sites is 1. The number of anilines is 2. The van der Waals surface area contributed by atoms with Gasteiger partial charge < -0.3 is 11.1 Å². The Hall–Kier alpha value is -2.43. The number of nitrogen functional groups attached to an aromatic ring is 1. The minimum Gasteiger partial charge on any atom is -0.383 e. The molecular weight excluding hydrogens is 245 g/mol. The first-order valence-electron chi connectivity index (χ1n) is 5.77. The number of aromatic nitrogens is 1. The summed E-state index contributed by atoms with van der Waals surface area (Å²) in [7, 11) is 0. The number of nitrogens with one attached hydrogen (secondary N) is 1. The van der Waals surface area contributed by atoms with Crippen molar-refractivity contribution in [2.24, 2.45) is 0 Å². The molecule has 3 N–H and O–H groups in total. The smallest absolute Gasteiger partial charge is 0.259 e. The zero-order valence-electron chi connectivity index (χ0n) is 10.7. The second-order valence-corrected chi connectivity index (χ2v) is 4.31. The van der Waals surface area contributed by atoms with Gasteiger partial charge in [-0.1, -0.05) is 18.2 Å². The Morgan fingerprint density at radius 3 is 2.58 bits per heavy atom. The molecule has 0 aliphatic heterocycles. The molecule has 0 saturated carbocycles. The summed E-state index contributed by atoms with van der Waals surface area (Å²) in [5.41, 5.74) is 8.17. The van der Waals surface area contributed by atoms with Gasteiger partial charge in [-0.05, 0) is 31.0 Å². The van der Waals surface area contributed by atoms with E-state index in [-0.39, 0.29) is 11.4 Å². The van der Waals surface area contributed by atoms with Gasteiger partial charge >= 0.3 is 0 Å². The van der Waals surface area contributed by atoms with Crippen LogP contribution in [0.3, 0.4) is 0 Å². The number of benzene rings is 1. The number of hydrogen-bond acceptors (Lipinski definition) is 3. The summed E-state index contributed by atoms with van der Waals surface area (Å²) >= 11 is 0. The molecule has 4 nitrogen and oxygen atoms in total. The van der Waals surface area contributed by atoms with Gasteiger partial charge in [0.1, 0.15) is 11.6 Å². The predicted molar refractivity (Wildman–Crippen MR) is 72.5 cm³/mol. The quantitative estimate of drug-likeness (QED) is 0.871. The van der Waals surface area contributed by atoms with Gasteiger partial charge in [-0.25, -0.2) is 9.37 Å². The van der Waals surface area contributed by atoms with Crippen LogP contribution in [0.5, 0.6) is 0 Å². The van der Waals surface area contributed by atoms with Crippen molar-refractivity contribution in [3.8, 4) is 0 Å². The molecular formula is C14H14FN3O. The molecule has 1 amide bonds. The van der Waals surface area contributed by atoms with Crippen molar-refractivity contribution < 1.29 is 9.18 Å². The van der Waals surface area contributed by atoms with Gasteiger partial charge in [0, 0.05) is 5.69 Å². The van der Waals surface area contributed by atoms with Crippen LogP contribution in [0, 0.1) is 19.7 Å². The Bertz CT molecular complexity index is 620. The van der Waals surface area contributed by atoms with Crippen LogP contribution in [0.15, 0.2) is 30.5 Å². The third-order valence-electron chi connectivity index (χ3n) is 2.85. The summed E-state index contributed by atoms with van der Waals surface area (Å²) in [5, 5.41) is 2.74. The van der Waals surface area contributed by atoms with Crippen LogP contribution < -0.4 is 11.1 Å². The van der Waals surface area contributed by atoms with E-state index in [1.165, 1.54) is 0 Å². The highest BCUT2D eigenvalue weighted by atomic mass is 19.1. The third-order valence-corrected chi connectivity index (χ3v) is 2.85. The molecule has 98 valence electrons. The van der Waals surface area contributed by atoms with Crippen LogP contribution in [0.1, 0.15) is 21.5 Å². The molecule has 1 aromatic heterocycles. The maximum atomic E-state index is 13.1. The van der Waals surface area contributed by atoms with Crippen molar-refractivity contribution >= 4 is 17.4 Å². The average molecular weight is 259 g/mol. The zero-order chi connectivity index (χ0) is 14.0. The van der Waals surface area contributed by atoms with Crippen molar-refractivity contribution in [3.63, 3.8) is 0 Å². The second kappa shape index (κ2) is 5.06. The number of aryl methyl sites for hydroxylation is 2. The molecule has 0 radical (unpaired) electrons. The van der Waals surface area contributed by atoms with Gasteiger partial charge in [0.15, 0.2) is 0 Å². The Balaban J connectivity index is 2.34. The lowest BCUT2D eigenvalue weighted by Crippen LogP contribution is -2.16. The van der Waals surface area contributed by atoms with Gasteiger partial charge in [-0.2, -0.15) is 0 Å². The fourth-order valence-electron chi connectivity index (χ4n) is 1.82. The minimum atomic E-state index is -0.596. The number of carbonyl (C=O) groups excluding carboxylic acids is 1. The second-order valence-electron chi connectivity index (χ2n) is 4.31. The van der Waals surface area contributed by atoms with E-state index < -0.39 is 11.7 Å². The molecule has 0 fully saturated rings. The first-order chi connectivity index (χ1) is 8.99. The van der Waals surface area contributed by atoms with E-state index in [9.17, 15) is 9.18 Å². The third kappa shape index (κ3) is 2.70. The molecule has 0 aliphatic rings. The lowest BCUT2D eigenvalue weighted by Gasteiger charge is -2.12. The Morgan fingerprint density at radius 2 is 1.95 bits per heavy atom. The van der Waals surface area contributed by atoms with Gasteiger partial charge in [0.2, 0.25) is 0 Å².